The first-order chi connectivity index (χ1) is 11.7. The van der Waals surface area contributed by atoms with Gasteiger partial charge in [0.05, 0.1) is 6.04 Å². The quantitative estimate of drug-likeness (QED) is 0.226. The summed E-state index contributed by atoms with van der Waals surface area (Å²) < 4.78 is 0. The van der Waals surface area contributed by atoms with Crippen LogP contribution >= 0.6 is 0 Å². The normalized spacial score (nSPS) is 14.6. The molecule has 0 saturated carbocycles. The summed E-state index contributed by atoms with van der Waals surface area (Å²) in [6.45, 7) is 4.40. The van der Waals surface area contributed by atoms with E-state index in [4.69, 9.17) is 17.2 Å². The maximum Gasteiger partial charge on any atom is 0.326 e. The van der Waals surface area contributed by atoms with Gasteiger partial charge in [-0.05, 0) is 44.7 Å². The summed E-state index contributed by atoms with van der Waals surface area (Å²) in [5.74, 6) is -2.32. The summed E-state index contributed by atoms with van der Waals surface area (Å²) in [7, 11) is 0. The van der Waals surface area contributed by atoms with Gasteiger partial charge in [-0.2, -0.15) is 0 Å². The van der Waals surface area contributed by atoms with Gasteiger partial charge < -0.3 is 32.9 Å². The minimum Gasteiger partial charge on any atom is -0.480 e. The van der Waals surface area contributed by atoms with E-state index in [0.717, 1.165) is 12.8 Å². The van der Waals surface area contributed by atoms with Gasteiger partial charge in [0, 0.05) is 0 Å². The van der Waals surface area contributed by atoms with E-state index < -0.39 is 35.9 Å². The van der Waals surface area contributed by atoms with E-state index in [9.17, 15) is 19.5 Å². The summed E-state index contributed by atoms with van der Waals surface area (Å²) in [6, 6.07) is -2.62. The van der Waals surface area contributed by atoms with Crippen molar-refractivity contribution in [3.05, 3.63) is 0 Å². The highest BCUT2D eigenvalue weighted by Gasteiger charge is 2.29. The molecule has 0 saturated heterocycles. The Hall–Kier alpha value is -1.71. The number of amides is 2. The summed E-state index contributed by atoms with van der Waals surface area (Å²) in [5, 5.41) is 14.3. The molecule has 0 unspecified atom stereocenters. The van der Waals surface area contributed by atoms with Gasteiger partial charge in [0.15, 0.2) is 0 Å². The molecule has 0 aliphatic carbocycles. The van der Waals surface area contributed by atoms with E-state index in [-0.39, 0.29) is 12.3 Å². The molecule has 9 heteroatoms. The Balaban J connectivity index is 4.77. The van der Waals surface area contributed by atoms with Crippen molar-refractivity contribution in [2.45, 2.75) is 64.1 Å². The van der Waals surface area contributed by atoms with Gasteiger partial charge in [-0.25, -0.2) is 4.79 Å². The van der Waals surface area contributed by atoms with E-state index in [1.165, 1.54) is 0 Å². The molecule has 146 valence electrons. The molecule has 9 nitrogen and oxygen atoms in total. The Morgan fingerprint density at radius 1 is 0.920 bits per heavy atom. The lowest BCUT2D eigenvalue weighted by Gasteiger charge is -2.25. The zero-order chi connectivity index (χ0) is 19.4. The van der Waals surface area contributed by atoms with Gasteiger partial charge >= 0.3 is 5.97 Å². The highest BCUT2D eigenvalue weighted by atomic mass is 16.4. The molecular formula is C16H33N5O4. The third-order valence-corrected chi connectivity index (χ3v) is 3.86. The summed E-state index contributed by atoms with van der Waals surface area (Å²) in [6.07, 6.45) is 2.68. The van der Waals surface area contributed by atoms with Crippen molar-refractivity contribution >= 4 is 17.8 Å². The van der Waals surface area contributed by atoms with E-state index >= 15 is 0 Å². The molecule has 0 aromatic heterocycles. The number of carbonyl (C=O) groups excluding carboxylic acids is 2. The van der Waals surface area contributed by atoms with E-state index in [1.807, 2.05) is 0 Å². The largest absolute Gasteiger partial charge is 0.480 e. The standard InChI is InChI=1S/C16H33N5O4/c1-10(2)13(21-14(22)11(19)6-3-4-8-17)15(23)20-12(16(24)25)7-5-9-18/h10-13H,3-9,17-19H2,1-2H3,(H,20,23)(H,21,22)(H,24,25)/t11-,12-,13-/m0/s1. The second kappa shape index (κ2) is 12.6. The van der Waals surface area contributed by atoms with E-state index in [0.29, 0.717) is 25.9 Å². The topological polar surface area (TPSA) is 174 Å². The van der Waals surface area contributed by atoms with Crippen molar-refractivity contribution in [3.8, 4) is 0 Å². The summed E-state index contributed by atoms with van der Waals surface area (Å²) in [4.78, 5) is 35.8. The second-order valence-electron chi connectivity index (χ2n) is 6.45. The lowest BCUT2D eigenvalue weighted by molar-refractivity contribution is -0.142. The van der Waals surface area contributed by atoms with Crippen LogP contribution in [0.4, 0.5) is 0 Å². The van der Waals surface area contributed by atoms with Crippen molar-refractivity contribution in [3.63, 3.8) is 0 Å². The van der Waals surface area contributed by atoms with Crippen LogP contribution in [0.15, 0.2) is 0 Å². The summed E-state index contributed by atoms with van der Waals surface area (Å²) >= 11 is 0. The molecule has 0 aromatic rings. The van der Waals surface area contributed by atoms with Gasteiger partial charge in [0.1, 0.15) is 12.1 Å². The fourth-order valence-electron chi connectivity index (χ4n) is 2.28. The van der Waals surface area contributed by atoms with Crippen LogP contribution in [-0.4, -0.2) is 54.1 Å². The first-order valence-corrected chi connectivity index (χ1v) is 8.73. The molecule has 2 amide bonds. The van der Waals surface area contributed by atoms with Crippen LogP contribution in [0.2, 0.25) is 0 Å². The molecule has 0 spiro atoms. The monoisotopic (exact) mass is 359 g/mol. The van der Waals surface area contributed by atoms with Crippen LogP contribution in [0.5, 0.6) is 0 Å². The molecule has 0 aliphatic rings. The Labute approximate surface area is 149 Å². The SMILES string of the molecule is CC(C)[C@H](NC(=O)[C@@H](N)CCCCN)C(=O)N[C@@H](CCCN)C(=O)O. The molecule has 3 atom stereocenters. The van der Waals surface area contributed by atoms with E-state index in [1.54, 1.807) is 13.8 Å². The predicted octanol–water partition coefficient (Wildman–Crippen LogP) is -1.11. The van der Waals surface area contributed by atoms with Gasteiger partial charge in [-0.15, -0.1) is 0 Å². The fourth-order valence-corrected chi connectivity index (χ4v) is 2.28. The number of hydrogen-bond donors (Lipinski definition) is 6. The first-order valence-electron chi connectivity index (χ1n) is 8.73. The van der Waals surface area contributed by atoms with Crippen molar-refractivity contribution in [2.24, 2.45) is 23.1 Å². The van der Waals surface area contributed by atoms with Crippen molar-refractivity contribution in [1.29, 1.82) is 0 Å². The molecule has 0 aliphatic heterocycles. The number of carboxylic acids is 1. The predicted molar refractivity (Wildman–Crippen MR) is 95.5 cm³/mol. The number of hydrogen-bond acceptors (Lipinski definition) is 6. The van der Waals surface area contributed by atoms with Gasteiger partial charge in [-0.1, -0.05) is 20.3 Å². The molecule has 0 aromatic carbocycles. The Kier molecular flexibility index (Phi) is 11.8. The number of nitrogens with two attached hydrogens (primary N) is 3. The highest BCUT2D eigenvalue weighted by molar-refractivity contribution is 5.91. The number of nitrogens with one attached hydrogen (secondary N) is 2. The fraction of sp³-hybridized carbons (Fsp3) is 0.812. The van der Waals surface area contributed by atoms with Crippen molar-refractivity contribution in [1.82, 2.24) is 10.6 Å². The molecule has 0 radical (unpaired) electrons. The number of rotatable bonds is 13. The maximum absolute atomic E-state index is 12.4. The molecule has 0 rings (SSSR count). The molecular weight excluding hydrogens is 326 g/mol. The smallest absolute Gasteiger partial charge is 0.326 e. The van der Waals surface area contributed by atoms with Crippen molar-refractivity contribution < 1.29 is 19.5 Å². The van der Waals surface area contributed by atoms with Crippen LogP contribution in [-0.2, 0) is 14.4 Å². The molecule has 0 bridgehead atoms. The molecule has 9 N–H and O–H groups in total. The zero-order valence-electron chi connectivity index (χ0n) is 15.2. The second-order valence-corrected chi connectivity index (χ2v) is 6.45. The Bertz CT molecular complexity index is 431. The number of carboxylic acid groups (broad SMARTS) is 1. The van der Waals surface area contributed by atoms with Crippen LogP contribution in [0, 0.1) is 5.92 Å². The first kappa shape index (κ1) is 23.3. The van der Waals surface area contributed by atoms with Crippen LogP contribution < -0.4 is 27.8 Å². The summed E-state index contributed by atoms with van der Waals surface area (Å²) in [5.41, 5.74) is 16.6. The zero-order valence-corrected chi connectivity index (χ0v) is 15.2. The average Bonchev–Trinajstić information content (AvgIpc) is 2.55. The van der Waals surface area contributed by atoms with Gasteiger partial charge in [-0.3, -0.25) is 9.59 Å². The third kappa shape index (κ3) is 9.37. The van der Waals surface area contributed by atoms with Gasteiger partial charge in [0.2, 0.25) is 11.8 Å². The Morgan fingerprint density at radius 3 is 2.00 bits per heavy atom. The lowest BCUT2D eigenvalue weighted by atomic mass is 10.0. The lowest BCUT2D eigenvalue weighted by Crippen LogP contribution is -2.56. The van der Waals surface area contributed by atoms with Crippen LogP contribution in [0.3, 0.4) is 0 Å². The average molecular weight is 359 g/mol. The number of aliphatic carboxylic acids is 1. The maximum atomic E-state index is 12.4. The minimum absolute atomic E-state index is 0.218. The highest BCUT2D eigenvalue weighted by Crippen LogP contribution is 2.06. The minimum atomic E-state index is -1.13. The number of carbonyl (C=O) groups is 3. The van der Waals surface area contributed by atoms with Gasteiger partial charge in [0.25, 0.3) is 0 Å². The molecule has 0 heterocycles. The molecule has 25 heavy (non-hydrogen) atoms. The van der Waals surface area contributed by atoms with Crippen LogP contribution in [0.1, 0.15) is 46.0 Å². The number of unbranched alkanes of at least 4 members (excludes halogenated alkanes) is 1. The van der Waals surface area contributed by atoms with E-state index in [2.05, 4.69) is 10.6 Å². The molecule has 0 fully saturated rings. The van der Waals surface area contributed by atoms with Crippen LogP contribution in [0.25, 0.3) is 0 Å². The Morgan fingerprint density at radius 2 is 1.52 bits per heavy atom. The third-order valence-electron chi connectivity index (χ3n) is 3.86. The van der Waals surface area contributed by atoms with Crippen molar-refractivity contribution in [2.75, 3.05) is 13.1 Å².